The van der Waals surface area contributed by atoms with Crippen molar-refractivity contribution in [2.45, 2.75) is 27.7 Å². The summed E-state index contributed by atoms with van der Waals surface area (Å²) < 4.78 is 0. The van der Waals surface area contributed by atoms with Crippen LogP contribution in [0.2, 0.25) is 0 Å². The monoisotopic (exact) mass is 138 g/mol. The van der Waals surface area contributed by atoms with Crippen LogP contribution in [0, 0.1) is 0 Å². The van der Waals surface area contributed by atoms with Crippen LogP contribution in [0.3, 0.4) is 0 Å². The van der Waals surface area contributed by atoms with E-state index in [2.05, 4.69) is 16.8 Å². The fourth-order valence-corrected chi connectivity index (χ4v) is 0.494. The predicted molar refractivity (Wildman–Crippen MR) is 43.7 cm³/mol. The largest absolute Gasteiger partial charge is 0.155 e. The van der Waals surface area contributed by atoms with Crippen LogP contribution in [0.1, 0.15) is 27.7 Å². The second-order valence-electron chi connectivity index (χ2n) is 1.86. The fraction of sp³-hybridized carbons (Fsp3) is 0.500. The Morgan fingerprint density at radius 2 is 1.60 bits per heavy atom. The van der Waals surface area contributed by atoms with Crippen LogP contribution >= 0.6 is 0 Å². The summed E-state index contributed by atoms with van der Waals surface area (Å²) in [6, 6.07) is 0. The van der Waals surface area contributed by atoms with E-state index in [0.717, 1.165) is 17.0 Å². The summed E-state index contributed by atoms with van der Waals surface area (Å²) in [6.45, 7) is 11.6. The van der Waals surface area contributed by atoms with Crippen molar-refractivity contribution in [3.8, 4) is 0 Å². The minimum atomic E-state index is 0.794. The zero-order chi connectivity index (χ0) is 8.15. The number of azo groups is 1. The maximum atomic E-state index is 3.80. The summed E-state index contributed by atoms with van der Waals surface area (Å²) >= 11 is 0. The minimum Gasteiger partial charge on any atom is -0.155 e. The molecule has 10 heavy (non-hydrogen) atoms. The van der Waals surface area contributed by atoms with E-state index in [4.69, 9.17) is 0 Å². The molecule has 0 spiro atoms. The van der Waals surface area contributed by atoms with Gasteiger partial charge in [0, 0.05) is 0 Å². The lowest BCUT2D eigenvalue weighted by atomic mass is 10.2. The highest BCUT2D eigenvalue weighted by Crippen LogP contribution is 2.21. The van der Waals surface area contributed by atoms with Gasteiger partial charge in [0.05, 0.1) is 11.4 Å². The Bertz CT molecular complexity index is 183. The first-order valence-electron chi connectivity index (χ1n) is 3.50. The molecule has 0 unspecified atom stereocenters. The van der Waals surface area contributed by atoms with Crippen LogP contribution in [0.15, 0.2) is 33.8 Å². The lowest BCUT2D eigenvalue weighted by molar-refractivity contribution is 1.17. The Morgan fingerprint density at radius 3 is 1.70 bits per heavy atom. The number of rotatable bonds is 0. The summed E-state index contributed by atoms with van der Waals surface area (Å²) in [7, 11) is 0. The molecular formula is C8H14N2. The zero-order valence-corrected chi connectivity index (χ0v) is 7.10. The Kier molecular flexibility index (Phi) is 3.62. The molecule has 0 saturated carbocycles. The van der Waals surface area contributed by atoms with Gasteiger partial charge in [-0.1, -0.05) is 20.4 Å². The third kappa shape index (κ3) is 1.79. The lowest BCUT2D eigenvalue weighted by Crippen LogP contribution is -1.72. The van der Waals surface area contributed by atoms with Crippen LogP contribution in [0.25, 0.3) is 0 Å². The van der Waals surface area contributed by atoms with Crippen LogP contribution in [0.5, 0.6) is 0 Å². The average Bonchev–Trinajstić information content (AvgIpc) is 2.25. The molecule has 0 aromatic heterocycles. The third-order valence-corrected chi connectivity index (χ3v) is 1.30. The summed E-state index contributed by atoms with van der Waals surface area (Å²) in [5.74, 6) is 0. The van der Waals surface area contributed by atoms with E-state index in [1.54, 1.807) is 0 Å². The lowest BCUT2D eigenvalue weighted by Gasteiger charge is -1.86. The SMILES string of the molecule is C=C1N=NC(C)=C1C.CC. The smallest absolute Gasteiger partial charge is 0.0833 e. The zero-order valence-electron chi connectivity index (χ0n) is 7.10. The maximum absolute atomic E-state index is 3.80. The van der Waals surface area contributed by atoms with Gasteiger partial charge in [-0.05, 0) is 19.4 Å². The predicted octanol–water partition coefficient (Wildman–Crippen LogP) is 3.29. The standard InChI is InChI=1S/C6H8N2.C2H6/c1-4-5(2)7-8-6(4)3;1-2/h2H2,1,3H3;1-2H3. The molecule has 0 aliphatic carbocycles. The Morgan fingerprint density at radius 1 is 1.10 bits per heavy atom. The van der Waals surface area contributed by atoms with Crippen molar-refractivity contribution in [2.75, 3.05) is 0 Å². The van der Waals surface area contributed by atoms with E-state index in [1.165, 1.54) is 0 Å². The number of allylic oxidation sites excluding steroid dienone is 2. The third-order valence-electron chi connectivity index (χ3n) is 1.30. The van der Waals surface area contributed by atoms with Gasteiger partial charge in [0.15, 0.2) is 0 Å². The molecule has 56 valence electrons. The molecular weight excluding hydrogens is 124 g/mol. The molecule has 1 aliphatic rings. The van der Waals surface area contributed by atoms with Crippen molar-refractivity contribution in [1.29, 1.82) is 0 Å². The second kappa shape index (κ2) is 3.99. The summed E-state index contributed by atoms with van der Waals surface area (Å²) in [6.07, 6.45) is 0. The molecule has 1 aliphatic heterocycles. The quantitative estimate of drug-likeness (QED) is 0.490. The molecule has 2 nitrogen and oxygen atoms in total. The molecule has 0 atom stereocenters. The highest BCUT2D eigenvalue weighted by molar-refractivity contribution is 5.32. The van der Waals surface area contributed by atoms with E-state index in [9.17, 15) is 0 Å². The molecule has 0 N–H and O–H groups in total. The van der Waals surface area contributed by atoms with Crippen molar-refractivity contribution >= 4 is 0 Å². The van der Waals surface area contributed by atoms with E-state index in [1.807, 2.05) is 27.7 Å². The van der Waals surface area contributed by atoms with Gasteiger partial charge in [-0.3, -0.25) is 0 Å². The second-order valence-corrected chi connectivity index (χ2v) is 1.86. The highest BCUT2D eigenvalue weighted by Gasteiger charge is 2.05. The molecule has 0 saturated heterocycles. The van der Waals surface area contributed by atoms with Crippen LogP contribution in [0.4, 0.5) is 0 Å². The van der Waals surface area contributed by atoms with Crippen molar-refractivity contribution in [2.24, 2.45) is 10.2 Å². The van der Waals surface area contributed by atoms with Gasteiger partial charge in [-0.2, -0.15) is 10.2 Å². The number of nitrogens with zero attached hydrogens (tertiary/aromatic N) is 2. The van der Waals surface area contributed by atoms with Gasteiger partial charge in [-0.25, -0.2) is 0 Å². The molecule has 0 amide bonds. The average molecular weight is 138 g/mol. The van der Waals surface area contributed by atoms with Gasteiger partial charge in [-0.15, -0.1) is 0 Å². The molecule has 0 fully saturated rings. The van der Waals surface area contributed by atoms with E-state index >= 15 is 0 Å². The Labute approximate surface area is 62.4 Å². The van der Waals surface area contributed by atoms with Crippen molar-refractivity contribution in [3.05, 3.63) is 23.5 Å². The first-order valence-corrected chi connectivity index (χ1v) is 3.50. The van der Waals surface area contributed by atoms with Crippen LogP contribution < -0.4 is 0 Å². The normalized spacial score (nSPS) is 15.4. The highest BCUT2D eigenvalue weighted by atomic mass is 15.1. The molecule has 0 radical (unpaired) electrons. The molecule has 0 aromatic carbocycles. The van der Waals surface area contributed by atoms with E-state index in [-0.39, 0.29) is 0 Å². The van der Waals surface area contributed by atoms with Crippen LogP contribution in [-0.4, -0.2) is 0 Å². The van der Waals surface area contributed by atoms with Crippen molar-refractivity contribution in [3.63, 3.8) is 0 Å². The maximum Gasteiger partial charge on any atom is 0.0833 e. The van der Waals surface area contributed by atoms with E-state index < -0.39 is 0 Å². The summed E-state index contributed by atoms with van der Waals surface area (Å²) in [5.41, 5.74) is 2.88. The topological polar surface area (TPSA) is 24.7 Å². The van der Waals surface area contributed by atoms with Crippen molar-refractivity contribution in [1.82, 2.24) is 0 Å². The fourth-order valence-electron chi connectivity index (χ4n) is 0.494. The molecule has 0 bridgehead atoms. The summed E-state index contributed by atoms with van der Waals surface area (Å²) in [5, 5.41) is 7.56. The van der Waals surface area contributed by atoms with Gasteiger partial charge in [0.2, 0.25) is 0 Å². The Hall–Kier alpha value is -0.920. The molecule has 0 aromatic rings. The Balaban J connectivity index is 0.000000371. The van der Waals surface area contributed by atoms with Gasteiger partial charge < -0.3 is 0 Å². The van der Waals surface area contributed by atoms with Crippen molar-refractivity contribution < 1.29 is 0 Å². The number of hydrogen-bond donors (Lipinski definition) is 0. The molecule has 1 rings (SSSR count). The van der Waals surface area contributed by atoms with Gasteiger partial charge >= 0.3 is 0 Å². The first-order chi connectivity index (χ1) is 4.72. The van der Waals surface area contributed by atoms with Crippen LogP contribution in [-0.2, 0) is 0 Å². The van der Waals surface area contributed by atoms with Gasteiger partial charge in [0.25, 0.3) is 0 Å². The number of hydrogen-bond acceptors (Lipinski definition) is 2. The van der Waals surface area contributed by atoms with E-state index in [0.29, 0.717) is 0 Å². The first kappa shape index (κ1) is 9.08. The molecule has 1 heterocycles. The van der Waals surface area contributed by atoms with Gasteiger partial charge in [0.1, 0.15) is 0 Å². The molecule has 2 heteroatoms. The summed E-state index contributed by atoms with van der Waals surface area (Å²) in [4.78, 5) is 0. The minimum absolute atomic E-state index is 0.794.